The predicted molar refractivity (Wildman–Crippen MR) is 57.4 cm³/mol. The summed E-state index contributed by atoms with van der Waals surface area (Å²) >= 11 is 0. The molecule has 1 aliphatic heterocycles. The number of fused-ring (bicyclic) bond motifs is 1. The minimum atomic E-state index is -0.577. The normalized spacial score (nSPS) is 19.2. The molecule has 1 aromatic rings. The van der Waals surface area contributed by atoms with Crippen LogP contribution in [-0.4, -0.2) is 29.4 Å². The standard InChI is InChI=1S/C11H12N2O3/c12-5-4-7-10(15)6-2-1-3-8(14)9(6)11(16)13-7/h1-3,7,14H,4-5,12H2,(H,13,16)/t7-/m0/s1. The lowest BCUT2D eigenvalue weighted by atomic mass is 9.92. The lowest BCUT2D eigenvalue weighted by molar-refractivity contribution is 0.0822. The van der Waals surface area contributed by atoms with Crippen LogP contribution < -0.4 is 11.1 Å². The van der Waals surface area contributed by atoms with Crippen molar-refractivity contribution in [1.29, 1.82) is 0 Å². The van der Waals surface area contributed by atoms with Crippen LogP contribution in [0.1, 0.15) is 27.1 Å². The second kappa shape index (κ2) is 3.94. The molecule has 5 heteroatoms. The van der Waals surface area contributed by atoms with E-state index in [2.05, 4.69) is 5.32 Å². The third kappa shape index (κ3) is 1.55. The highest BCUT2D eigenvalue weighted by Gasteiger charge is 2.32. The fraction of sp³-hybridized carbons (Fsp3) is 0.273. The van der Waals surface area contributed by atoms with Crippen molar-refractivity contribution in [3.05, 3.63) is 29.3 Å². The first-order valence-corrected chi connectivity index (χ1v) is 5.02. The van der Waals surface area contributed by atoms with Crippen molar-refractivity contribution in [3.8, 4) is 5.75 Å². The zero-order valence-electron chi connectivity index (χ0n) is 8.56. The van der Waals surface area contributed by atoms with Crippen LogP contribution >= 0.6 is 0 Å². The number of aromatic hydroxyl groups is 1. The highest BCUT2D eigenvalue weighted by Crippen LogP contribution is 2.25. The summed E-state index contributed by atoms with van der Waals surface area (Å²) in [6, 6.07) is 3.89. The molecule has 0 aromatic heterocycles. The predicted octanol–water partition coefficient (Wildman–Crippen LogP) is 0.0357. The summed E-state index contributed by atoms with van der Waals surface area (Å²) in [5.74, 6) is -0.795. The second-order valence-electron chi connectivity index (χ2n) is 3.67. The first kappa shape index (κ1) is 10.6. The van der Waals surface area contributed by atoms with Crippen molar-refractivity contribution in [2.45, 2.75) is 12.5 Å². The molecular formula is C11H12N2O3. The first-order chi connectivity index (χ1) is 7.65. The van der Waals surface area contributed by atoms with Crippen molar-refractivity contribution in [2.75, 3.05) is 6.54 Å². The quantitative estimate of drug-likeness (QED) is 0.656. The zero-order chi connectivity index (χ0) is 11.7. The summed E-state index contributed by atoms with van der Waals surface area (Å²) in [6.45, 7) is 0.324. The molecule has 16 heavy (non-hydrogen) atoms. The van der Waals surface area contributed by atoms with Crippen LogP contribution in [0.15, 0.2) is 18.2 Å². The van der Waals surface area contributed by atoms with Gasteiger partial charge in [0.2, 0.25) is 0 Å². The molecular weight excluding hydrogens is 208 g/mol. The maximum absolute atomic E-state index is 11.9. The fourth-order valence-corrected chi connectivity index (χ4v) is 1.84. The Morgan fingerprint density at radius 2 is 2.12 bits per heavy atom. The van der Waals surface area contributed by atoms with E-state index >= 15 is 0 Å². The van der Waals surface area contributed by atoms with Gasteiger partial charge < -0.3 is 16.2 Å². The molecule has 1 amide bonds. The van der Waals surface area contributed by atoms with Crippen molar-refractivity contribution in [1.82, 2.24) is 5.32 Å². The Kier molecular flexibility index (Phi) is 2.62. The number of nitrogens with one attached hydrogen (secondary N) is 1. The van der Waals surface area contributed by atoms with Gasteiger partial charge >= 0.3 is 0 Å². The molecule has 84 valence electrons. The monoisotopic (exact) mass is 220 g/mol. The fourth-order valence-electron chi connectivity index (χ4n) is 1.84. The van der Waals surface area contributed by atoms with Crippen LogP contribution in [-0.2, 0) is 0 Å². The SMILES string of the molecule is NCC[C@@H]1NC(=O)c2c(O)cccc2C1=O. The van der Waals surface area contributed by atoms with Gasteiger partial charge in [-0.1, -0.05) is 12.1 Å². The molecule has 1 aromatic carbocycles. The Morgan fingerprint density at radius 3 is 2.81 bits per heavy atom. The number of phenols is 1. The summed E-state index contributed by atoms with van der Waals surface area (Å²) in [5.41, 5.74) is 5.69. The minimum absolute atomic E-state index is 0.0563. The van der Waals surface area contributed by atoms with Crippen LogP contribution in [0.4, 0.5) is 0 Å². The number of hydrogen-bond acceptors (Lipinski definition) is 4. The number of Topliss-reactive ketones (excluding diaryl/α,β-unsaturated/α-hetero) is 1. The second-order valence-corrected chi connectivity index (χ2v) is 3.67. The topological polar surface area (TPSA) is 92.4 Å². The minimum Gasteiger partial charge on any atom is -0.507 e. The maximum atomic E-state index is 11.9. The summed E-state index contributed by atoms with van der Waals surface area (Å²) in [7, 11) is 0. The van der Waals surface area contributed by atoms with E-state index in [-0.39, 0.29) is 22.7 Å². The molecule has 0 radical (unpaired) electrons. The molecule has 0 bridgehead atoms. The summed E-state index contributed by atoms with van der Waals surface area (Å²) in [6.07, 6.45) is 0.402. The third-order valence-electron chi connectivity index (χ3n) is 2.61. The third-order valence-corrected chi connectivity index (χ3v) is 2.61. The Labute approximate surface area is 92.3 Å². The van der Waals surface area contributed by atoms with Crippen molar-refractivity contribution >= 4 is 11.7 Å². The van der Waals surface area contributed by atoms with E-state index in [1.807, 2.05) is 0 Å². The Balaban J connectivity index is 2.47. The van der Waals surface area contributed by atoms with Gasteiger partial charge in [0.25, 0.3) is 5.91 Å². The van der Waals surface area contributed by atoms with E-state index in [0.717, 1.165) is 0 Å². The Hall–Kier alpha value is -1.88. The molecule has 0 saturated heterocycles. The largest absolute Gasteiger partial charge is 0.507 e. The van der Waals surface area contributed by atoms with Crippen LogP contribution in [0.25, 0.3) is 0 Å². The van der Waals surface area contributed by atoms with Gasteiger partial charge in [-0.15, -0.1) is 0 Å². The molecule has 0 fully saturated rings. The van der Waals surface area contributed by atoms with Gasteiger partial charge in [0.15, 0.2) is 5.78 Å². The first-order valence-electron chi connectivity index (χ1n) is 5.02. The number of ketones is 1. The Morgan fingerprint density at radius 1 is 1.38 bits per heavy atom. The number of hydrogen-bond donors (Lipinski definition) is 3. The molecule has 2 rings (SSSR count). The zero-order valence-corrected chi connectivity index (χ0v) is 8.56. The van der Waals surface area contributed by atoms with E-state index in [0.29, 0.717) is 13.0 Å². The van der Waals surface area contributed by atoms with Gasteiger partial charge in [-0.3, -0.25) is 9.59 Å². The smallest absolute Gasteiger partial charge is 0.256 e. The Bertz CT molecular complexity index is 457. The number of benzene rings is 1. The molecule has 0 saturated carbocycles. The van der Waals surface area contributed by atoms with Gasteiger partial charge in [-0.2, -0.15) is 0 Å². The molecule has 1 aliphatic rings. The molecule has 0 unspecified atom stereocenters. The van der Waals surface area contributed by atoms with Gasteiger partial charge in [-0.25, -0.2) is 0 Å². The maximum Gasteiger partial charge on any atom is 0.256 e. The number of phenolic OH excluding ortho intramolecular Hbond substituents is 1. The van der Waals surface area contributed by atoms with Crippen molar-refractivity contribution in [3.63, 3.8) is 0 Å². The summed E-state index contributed by atoms with van der Waals surface area (Å²) < 4.78 is 0. The number of carbonyl (C=O) groups is 2. The van der Waals surface area contributed by atoms with Crippen molar-refractivity contribution < 1.29 is 14.7 Å². The molecule has 1 heterocycles. The van der Waals surface area contributed by atoms with Crippen molar-refractivity contribution in [2.24, 2.45) is 5.73 Å². The highest BCUT2D eigenvalue weighted by molar-refractivity contribution is 6.16. The lowest BCUT2D eigenvalue weighted by Crippen LogP contribution is -2.47. The number of nitrogens with two attached hydrogens (primary N) is 1. The highest BCUT2D eigenvalue weighted by atomic mass is 16.3. The van der Waals surface area contributed by atoms with Crippen LogP contribution in [0.5, 0.6) is 5.75 Å². The van der Waals surface area contributed by atoms with E-state index in [1.54, 1.807) is 12.1 Å². The summed E-state index contributed by atoms with van der Waals surface area (Å²) in [4.78, 5) is 23.6. The molecule has 0 spiro atoms. The number of amides is 1. The lowest BCUT2D eigenvalue weighted by Gasteiger charge is -2.24. The van der Waals surface area contributed by atoms with Gasteiger partial charge in [0, 0.05) is 5.56 Å². The van der Waals surface area contributed by atoms with Crippen LogP contribution in [0.2, 0.25) is 0 Å². The van der Waals surface area contributed by atoms with E-state index in [9.17, 15) is 14.7 Å². The van der Waals surface area contributed by atoms with E-state index < -0.39 is 11.9 Å². The van der Waals surface area contributed by atoms with Crippen LogP contribution in [0.3, 0.4) is 0 Å². The average molecular weight is 220 g/mol. The van der Waals surface area contributed by atoms with E-state index in [4.69, 9.17) is 5.73 Å². The number of rotatable bonds is 2. The molecule has 0 aliphatic carbocycles. The van der Waals surface area contributed by atoms with Gasteiger partial charge in [0.1, 0.15) is 5.75 Å². The average Bonchev–Trinajstić information content (AvgIpc) is 2.25. The van der Waals surface area contributed by atoms with Gasteiger partial charge in [-0.05, 0) is 19.0 Å². The van der Waals surface area contributed by atoms with Gasteiger partial charge in [0.05, 0.1) is 11.6 Å². The number of carbonyl (C=O) groups excluding carboxylic acids is 2. The van der Waals surface area contributed by atoms with E-state index in [1.165, 1.54) is 6.07 Å². The van der Waals surface area contributed by atoms with Crippen LogP contribution in [0, 0.1) is 0 Å². The molecule has 1 atom stereocenters. The molecule has 5 nitrogen and oxygen atoms in total. The summed E-state index contributed by atoms with van der Waals surface area (Å²) in [5, 5.41) is 12.1. The molecule has 4 N–H and O–H groups in total.